The lowest BCUT2D eigenvalue weighted by Gasteiger charge is -2.12. The number of hydrogen-bond acceptors (Lipinski definition) is 2. The molecule has 1 aromatic carbocycles. The Labute approximate surface area is 110 Å². The quantitative estimate of drug-likeness (QED) is 0.789. The maximum Gasteiger partial charge on any atom is 0.175 e. The van der Waals surface area contributed by atoms with Gasteiger partial charge in [0, 0.05) is 18.3 Å². The van der Waals surface area contributed by atoms with Gasteiger partial charge in [-0.25, -0.2) is 8.78 Å². The summed E-state index contributed by atoms with van der Waals surface area (Å²) in [5.74, 6) is -2.79. The molecule has 19 heavy (non-hydrogen) atoms. The maximum absolute atomic E-state index is 13.9. The molecule has 0 spiro atoms. The van der Waals surface area contributed by atoms with Crippen molar-refractivity contribution in [2.24, 2.45) is 0 Å². The summed E-state index contributed by atoms with van der Waals surface area (Å²) in [6.45, 7) is 3.13. The van der Waals surface area contributed by atoms with Crippen LogP contribution in [-0.4, -0.2) is 10.8 Å². The third-order valence-electron chi connectivity index (χ3n) is 3.13. The van der Waals surface area contributed by atoms with E-state index in [4.69, 9.17) is 0 Å². The summed E-state index contributed by atoms with van der Waals surface area (Å²) >= 11 is 0. The van der Waals surface area contributed by atoms with E-state index >= 15 is 0 Å². The highest BCUT2D eigenvalue weighted by molar-refractivity contribution is 6.01. The predicted molar refractivity (Wildman–Crippen MR) is 68.1 cm³/mol. The molecule has 0 bridgehead atoms. The van der Waals surface area contributed by atoms with Crippen molar-refractivity contribution in [1.29, 1.82) is 0 Å². The molecule has 1 aromatic heterocycles. The second-order valence-electron chi connectivity index (χ2n) is 4.42. The van der Waals surface area contributed by atoms with Gasteiger partial charge in [-0.1, -0.05) is 13.0 Å². The fourth-order valence-corrected chi connectivity index (χ4v) is 1.90. The summed E-state index contributed by atoms with van der Waals surface area (Å²) in [6.07, 6.45) is 3.09. The molecular formula is C15H13F2NO. The zero-order valence-corrected chi connectivity index (χ0v) is 10.7. The van der Waals surface area contributed by atoms with E-state index in [1.54, 1.807) is 31.5 Å². The summed E-state index contributed by atoms with van der Waals surface area (Å²) in [5.41, 5.74) is 0.469. The molecule has 0 aliphatic rings. The minimum absolute atomic E-state index is 0.256. The molecule has 0 radical (unpaired) electrons. The summed E-state index contributed by atoms with van der Waals surface area (Å²) in [6, 6.07) is 5.76. The number of ketones is 1. The summed E-state index contributed by atoms with van der Waals surface area (Å²) in [7, 11) is 0. The van der Waals surface area contributed by atoms with Gasteiger partial charge in [0.2, 0.25) is 0 Å². The van der Waals surface area contributed by atoms with E-state index in [1.165, 1.54) is 13.0 Å². The highest BCUT2D eigenvalue weighted by Crippen LogP contribution is 2.24. The van der Waals surface area contributed by atoms with E-state index in [0.717, 1.165) is 6.07 Å². The number of aryl methyl sites for hydroxylation is 1. The molecule has 2 nitrogen and oxygen atoms in total. The van der Waals surface area contributed by atoms with Crippen molar-refractivity contribution in [2.75, 3.05) is 0 Å². The minimum atomic E-state index is -0.825. The zero-order chi connectivity index (χ0) is 14.0. The summed E-state index contributed by atoms with van der Waals surface area (Å²) in [4.78, 5) is 16.1. The molecule has 1 unspecified atom stereocenters. The van der Waals surface area contributed by atoms with Crippen molar-refractivity contribution in [2.45, 2.75) is 19.8 Å². The number of rotatable bonds is 3. The zero-order valence-electron chi connectivity index (χ0n) is 10.7. The number of hydrogen-bond donors (Lipinski definition) is 0. The lowest BCUT2D eigenvalue weighted by Crippen LogP contribution is -2.14. The number of carbonyl (C=O) groups is 1. The van der Waals surface area contributed by atoms with Gasteiger partial charge in [-0.15, -0.1) is 0 Å². The largest absolute Gasteiger partial charge is 0.293 e. The fourth-order valence-electron chi connectivity index (χ4n) is 1.90. The molecule has 0 saturated carbocycles. The predicted octanol–water partition coefficient (Wildman–Crippen LogP) is 3.65. The van der Waals surface area contributed by atoms with Gasteiger partial charge in [0.15, 0.2) is 5.78 Å². The second-order valence-corrected chi connectivity index (χ2v) is 4.42. The van der Waals surface area contributed by atoms with Crippen LogP contribution < -0.4 is 0 Å². The standard InChI is InChI=1S/C15H13F2NO/c1-9-3-4-12(16)13(14(9)17)15(19)10(2)11-5-7-18-8-6-11/h3-8,10H,1-2H3. The topological polar surface area (TPSA) is 30.0 Å². The van der Waals surface area contributed by atoms with Crippen LogP contribution in [0.25, 0.3) is 0 Å². The molecule has 2 aromatic rings. The van der Waals surface area contributed by atoms with Crippen LogP contribution in [-0.2, 0) is 0 Å². The molecule has 0 aliphatic heterocycles. The maximum atomic E-state index is 13.9. The number of pyridine rings is 1. The average molecular weight is 261 g/mol. The Balaban J connectivity index is 2.43. The molecule has 98 valence electrons. The van der Waals surface area contributed by atoms with Crippen LogP contribution in [0.2, 0.25) is 0 Å². The first-order valence-corrected chi connectivity index (χ1v) is 5.91. The molecule has 0 fully saturated rings. The van der Waals surface area contributed by atoms with Crippen LogP contribution >= 0.6 is 0 Å². The van der Waals surface area contributed by atoms with Crippen molar-refractivity contribution >= 4 is 5.78 Å². The normalized spacial score (nSPS) is 12.2. The summed E-state index contributed by atoms with van der Waals surface area (Å²) < 4.78 is 27.6. The molecule has 2 rings (SSSR count). The highest BCUT2D eigenvalue weighted by atomic mass is 19.1. The molecule has 0 N–H and O–H groups in total. The van der Waals surface area contributed by atoms with Crippen molar-refractivity contribution in [3.63, 3.8) is 0 Å². The summed E-state index contributed by atoms with van der Waals surface area (Å²) in [5, 5.41) is 0. The number of halogens is 2. The van der Waals surface area contributed by atoms with Crippen LogP contribution in [0.3, 0.4) is 0 Å². The molecule has 0 aliphatic carbocycles. The smallest absolute Gasteiger partial charge is 0.175 e. The Morgan fingerprint density at radius 3 is 2.42 bits per heavy atom. The van der Waals surface area contributed by atoms with Crippen LogP contribution in [0, 0.1) is 18.6 Å². The van der Waals surface area contributed by atoms with E-state index in [-0.39, 0.29) is 5.56 Å². The molecule has 1 atom stereocenters. The Hall–Kier alpha value is -2.10. The molecular weight excluding hydrogens is 248 g/mol. The highest BCUT2D eigenvalue weighted by Gasteiger charge is 2.24. The monoisotopic (exact) mass is 261 g/mol. The average Bonchev–Trinajstić information content (AvgIpc) is 2.43. The Kier molecular flexibility index (Phi) is 3.69. The molecule has 1 heterocycles. The Morgan fingerprint density at radius 1 is 1.16 bits per heavy atom. The van der Waals surface area contributed by atoms with Gasteiger partial charge in [0.1, 0.15) is 11.6 Å². The third-order valence-corrected chi connectivity index (χ3v) is 3.13. The minimum Gasteiger partial charge on any atom is -0.293 e. The van der Waals surface area contributed by atoms with E-state index < -0.39 is 28.9 Å². The van der Waals surface area contributed by atoms with E-state index in [1.807, 2.05) is 0 Å². The SMILES string of the molecule is Cc1ccc(F)c(C(=O)C(C)c2ccncc2)c1F. The van der Waals surface area contributed by atoms with Gasteiger partial charge in [0.05, 0.1) is 5.56 Å². The first-order chi connectivity index (χ1) is 9.02. The Bertz CT molecular complexity index is 611. The van der Waals surface area contributed by atoms with Crippen LogP contribution in [0.15, 0.2) is 36.7 Å². The number of nitrogens with zero attached hydrogens (tertiary/aromatic N) is 1. The van der Waals surface area contributed by atoms with Crippen LogP contribution in [0.4, 0.5) is 8.78 Å². The van der Waals surface area contributed by atoms with Crippen molar-refractivity contribution in [3.05, 3.63) is 65.0 Å². The van der Waals surface area contributed by atoms with E-state index in [2.05, 4.69) is 4.98 Å². The molecule has 4 heteroatoms. The number of carbonyl (C=O) groups excluding carboxylic acids is 1. The fraction of sp³-hybridized carbons (Fsp3) is 0.200. The third kappa shape index (κ3) is 2.52. The van der Waals surface area contributed by atoms with Crippen LogP contribution in [0.5, 0.6) is 0 Å². The van der Waals surface area contributed by atoms with Gasteiger partial charge in [-0.2, -0.15) is 0 Å². The second kappa shape index (κ2) is 5.26. The van der Waals surface area contributed by atoms with E-state index in [0.29, 0.717) is 5.56 Å². The molecule has 0 saturated heterocycles. The van der Waals surface area contributed by atoms with Crippen LogP contribution in [0.1, 0.15) is 34.3 Å². The number of benzene rings is 1. The van der Waals surface area contributed by atoms with Gasteiger partial charge in [-0.3, -0.25) is 9.78 Å². The Morgan fingerprint density at radius 2 is 1.79 bits per heavy atom. The van der Waals surface area contributed by atoms with Crippen molar-refractivity contribution < 1.29 is 13.6 Å². The lowest BCUT2D eigenvalue weighted by molar-refractivity contribution is 0.0957. The van der Waals surface area contributed by atoms with Crippen molar-refractivity contribution in [3.8, 4) is 0 Å². The molecule has 0 amide bonds. The lowest BCUT2D eigenvalue weighted by atomic mass is 9.91. The van der Waals surface area contributed by atoms with Gasteiger partial charge in [-0.05, 0) is 36.2 Å². The first-order valence-electron chi connectivity index (χ1n) is 5.91. The van der Waals surface area contributed by atoms with Gasteiger partial charge < -0.3 is 0 Å². The number of aromatic nitrogens is 1. The number of Topliss-reactive ketones (excluding diaryl/α,β-unsaturated/α-hetero) is 1. The van der Waals surface area contributed by atoms with E-state index in [9.17, 15) is 13.6 Å². The van der Waals surface area contributed by atoms with Gasteiger partial charge in [0.25, 0.3) is 0 Å². The van der Waals surface area contributed by atoms with Gasteiger partial charge >= 0.3 is 0 Å². The van der Waals surface area contributed by atoms with Crippen molar-refractivity contribution in [1.82, 2.24) is 4.98 Å². The first kappa shape index (κ1) is 13.3.